The first-order valence-electron chi connectivity index (χ1n) is 7.91. The third-order valence-electron chi connectivity index (χ3n) is 2.80. The number of nitrogens with one attached hydrogen (secondary N) is 2. The predicted molar refractivity (Wildman–Crippen MR) is 95.0 cm³/mol. The number of hydrogen-bond acceptors (Lipinski definition) is 6. The zero-order chi connectivity index (χ0) is 19.7. The monoisotopic (exact) mass is 364 g/mol. The van der Waals surface area contributed by atoms with Crippen molar-refractivity contribution in [1.29, 1.82) is 0 Å². The second-order valence-corrected chi connectivity index (χ2v) is 6.39. The molecule has 0 spiro atoms. The standard InChI is InChI=1S/C17H24N4O5/c1-11(22)26-21-15(18)13-7-5-12(6-8-13)9-19-14(23)10-20-16(24)25-17(2,3)4/h5-8H,9-10H2,1-4H3,(H2,18,21)(H,19,23)(H,20,24). The number of nitrogens with zero attached hydrogens (tertiary/aromatic N) is 1. The lowest BCUT2D eigenvalue weighted by Gasteiger charge is -2.19. The highest BCUT2D eigenvalue weighted by Gasteiger charge is 2.16. The van der Waals surface area contributed by atoms with E-state index in [9.17, 15) is 14.4 Å². The molecule has 1 aromatic rings. The van der Waals surface area contributed by atoms with Crippen LogP contribution in [0.1, 0.15) is 38.8 Å². The molecule has 0 atom stereocenters. The van der Waals surface area contributed by atoms with Crippen molar-refractivity contribution >= 4 is 23.8 Å². The molecule has 0 saturated heterocycles. The molecule has 142 valence electrons. The van der Waals surface area contributed by atoms with Crippen molar-refractivity contribution in [3.63, 3.8) is 0 Å². The molecule has 0 aliphatic rings. The fourth-order valence-corrected chi connectivity index (χ4v) is 1.69. The van der Waals surface area contributed by atoms with E-state index in [1.54, 1.807) is 45.0 Å². The first-order chi connectivity index (χ1) is 12.1. The number of carbonyl (C=O) groups is 3. The van der Waals surface area contributed by atoms with Crippen molar-refractivity contribution in [2.75, 3.05) is 6.54 Å². The van der Waals surface area contributed by atoms with Gasteiger partial charge in [-0.2, -0.15) is 0 Å². The topological polar surface area (TPSA) is 132 Å². The van der Waals surface area contributed by atoms with Crippen molar-refractivity contribution in [2.45, 2.75) is 39.8 Å². The maximum atomic E-state index is 11.7. The second-order valence-electron chi connectivity index (χ2n) is 6.39. The highest BCUT2D eigenvalue weighted by Crippen LogP contribution is 2.06. The molecule has 0 saturated carbocycles. The number of carbonyl (C=O) groups excluding carboxylic acids is 3. The van der Waals surface area contributed by atoms with Gasteiger partial charge < -0.3 is 25.9 Å². The zero-order valence-corrected chi connectivity index (χ0v) is 15.3. The number of hydrogen-bond donors (Lipinski definition) is 3. The van der Waals surface area contributed by atoms with Gasteiger partial charge in [0.25, 0.3) is 0 Å². The Morgan fingerprint density at radius 1 is 1.12 bits per heavy atom. The van der Waals surface area contributed by atoms with Gasteiger partial charge in [0.15, 0.2) is 5.84 Å². The van der Waals surface area contributed by atoms with E-state index in [0.29, 0.717) is 5.56 Å². The average molecular weight is 364 g/mol. The van der Waals surface area contributed by atoms with E-state index < -0.39 is 17.7 Å². The number of alkyl carbamates (subject to hydrolysis) is 1. The molecule has 0 radical (unpaired) electrons. The van der Waals surface area contributed by atoms with Gasteiger partial charge >= 0.3 is 12.1 Å². The van der Waals surface area contributed by atoms with Crippen LogP contribution < -0.4 is 16.4 Å². The fraction of sp³-hybridized carbons (Fsp3) is 0.412. The van der Waals surface area contributed by atoms with E-state index in [1.807, 2.05) is 0 Å². The lowest BCUT2D eigenvalue weighted by Crippen LogP contribution is -2.39. The molecule has 0 aliphatic carbocycles. The van der Waals surface area contributed by atoms with Gasteiger partial charge in [0.05, 0.1) is 0 Å². The van der Waals surface area contributed by atoms with Crippen LogP contribution in [0.5, 0.6) is 0 Å². The summed E-state index contributed by atoms with van der Waals surface area (Å²) >= 11 is 0. The van der Waals surface area contributed by atoms with E-state index in [4.69, 9.17) is 10.5 Å². The molecule has 2 amide bonds. The van der Waals surface area contributed by atoms with Crippen LogP contribution in [-0.2, 0) is 25.7 Å². The fourth-order valence-electron chi connectivity index (χ4n) is 1.69. The van der Waals surface area contributed by atoms with Crippen molar-refractivity contribution in [2.24, 2.45) is 10.9 Å². The van der Waals surface area contributed by atoms with Crippen LogP contribution in [-0.4, -0.2) is 36.0 Å². The van der Waals surface area contributed by atoms with Gasteiger partial charge in [0.1, 0.15) is 12.1 Å². The van der Waals surface area contributed by atoms with E-state index in [2.05, 4.69) is 20.6 Å². The first-order valence-corrected chi connectivity index (χ1v) is 7.91. The van der Waals surface area contributed by atoms with E-state index >= 15 is 0 Å². The van der Waals surface area contributed by atoms with Gasteiger partial charge in [-0.25, -0.2) is 9.59 Å². The van der Waals surface area contributed by atoms with E-state index in [-0.39, 0.29) is 24.8 Å². The lowest BCUT2D eigenvalue weighted by atomic mass is 10.1. The lowest BCUT2D eigenvalue weighted by molar-refractivity contribution is -0.140. The third kappa shape index (κ3) is 8.67. The number of oxime groups is 1. The van der Waals surface area contributed by atoms with Gasteiger partial charge in [-0.15, -0.1) is 0 Å². The summed E-state index contributed by atoms with van der Waals surface area (Å²) in [7, 11) is 0. The maximum Gasteiger partial charge on any atom is 0.408 e. The Morgan fingerprint density at radius 2 is 1.73 bits per heavy atom. The molecule has 0 bridgehead atoms. The van der Waals surface area contributed by atoms with Crippen LogP contribution in [0.25, 0.3) is 0 Å². The van der Waals surface area contributed by atoms with Gasteiger partial charge in [-0.05, 0) is 26.3 Å². The molecular weight excluding hydrogens is 340 g/mol. The molecule has 9 nitrogen and oxygen atoms in total. The Kier molecular flexibility index (Phi) is 7.57. The molecule has 0 fully saturated rings. The summed E-state index contributed by atoms with van der Waals surface area (Å²) in [4.78, 5) is 38.4. The Hall–Kier alpha value is -3.10. The normalized spacial score (nSPS) is 11.5. The number of ether oxygens (including phenoxy) is 1. The average Bonchev–Trinajstić information content (AvgIpc) is 2.55. The molecular formula is C17H24N4O5. The number of amides is 2. The summed E-state index contributed by atoms with van der Waals surface area (Å²) in [6, 6.07) is 6.85. The third-order valence-corrected chi connectivity index (χ3v) is 2.80. The minimum Gasteiger partial charge on any atom is -0.444 e. The minimum atomic E-state index is -0.653. The molecule has 9 heteroatoms. The van der Waals surface area contributed by atoms with Crippen LogP contribution in [0.2, 0.25) is 0 Å². The predicted octanol–water partition coefficient (Wildman–Crippen LogP) is 1.01. The maximum absolute atomic E-state index is 11.7. The second kappa shape index (κ2) is 9.40. The Bertz CT molecular complexity index is 677. The van der Waals surface area contributed by atoms with Gasteiger partial charge in [0.2, 0.25) is 5.91 Å². The molecule has 0 unspecified atom stereocenters. The molecule has 1 aromatic carbocycles. The number of amidine groups is 1. The zero-order valence-electron chi connectivity index (χ0n) is 15.3. The van der Waals surface area contributed by atoms with Crippen LogP contribution >= 0.6 is 0 Å². The van der Waals surface area contributed by atoms with Crippen LogP contribution in [0, 0.1) is 0 Å². The Morgan fingerprint density at radius 3 is 2.27 bits per heavy atom. The molecule has 26 heavy (non-hydrogen) atoms. The Labute approximate surface area is 151 Å². The first kappa shape index (κ1) is 20.9. The molecule has 0 aromatic heterocycles. The smallest absolute Gasteiger partial charge is 0.408 e. The summed E-state index contributed by atoms with van der Waals surface area (Å²) in [5.74, 6) is -0.847. The summed E-state index contributed by atoms with van der Waals surface area (Å²) in [6.45, 7) is 6.52. The highest BCUT2D eigenvalue weighted by atomic mass is 16.7. The quantitative estimate of drug-likeness (QED) is 0.299. The molecule has 4 N–H and O–H groups in total. The number of nitrogens with two attached hydrogens (primary N) is 1. The summed E-state index contributed by atoms with van der Waals surface area (Å²) < 4.78 is 5.04. The van der Waals surface area contributed by atoms with Gasteiger partial charge in [-0.1, -0.05) is 29.4 Å². The van der Waals surface area contributed by atoms with Crippen LogP contribution in [0.4, 0.5) is 4.79 Å². The number of rotatable bonds is 6. The van der Waals surface area contributed by atoms with Crippen molar-refractivity contribution in [3.8, 4) is 0 Å². The molecule has 0 aliphatic heterocycles. The van der Waals surface area contributed by atoms with Gasteiger partial charge in [-0.3, -0.25) is 4.79 Å². The van der Waals surface area contributed by atoms with Crippen LogP contribution in [0.15, 0.2) is 29.4 Å². The summed E-state index contributed by atoms with van der Waals surface area (Å²) in [6.07, 6.45) is -0.653. The SMILES string of the molecule is CC(=O)O/N=C(\N)c1ccc(CNC(=O)CNC(=O)OC(C)(C)C)cc1. The van der Waals surface area contributed by atoms with Gasteiger partial charge in [0, 0.05) is 19.0 Å². The largest absolute Gasteiger partial charge is 0.444 e. The Balaban J connectivity index is 2.43. The van der Waals surface area contributed by atoms with E-state index in [1.165, 1.54) is 6.92 Å². The van der Waals surface area contributed by atoms with Crippen molar-refractivity contribution < 1.29 is 24.0 Å². The summed E-state index contributed by atoms with van der Waals surface area (Å²) in [5.41, 5.74) is 6.45. The van der Waals surface area contributed by atoms with Crippen LogP contribution in [0.3, 0.4) is 0 Å². The molecule has 1 rings (SSSR count). The van der Waals surface area contributed by atoms with E-state index in [0.717, 1.165) is 5.56 Å². The minimum absolute atomic E-state index is 0.0670. The van der Waals surface area contributed by atoms with Crippen molar-refractivity contribution in [1.82, 2.24) is 10.6 Å². The highest BCUT2D eigenvalue weighted by molar-refractivity contribution is 5.97. The van der Waals surface area contributed by atoms with Crippen molar-refractivity contribution in [3.05, 3.63) is 35.4 Å². The number of benzene rings is 1. The summed E-state index contributed by atoms with van der Waals surface area (Å²) in [5, 5.41) is 8.53. The molecule has 0 heterocycles.